The van der Waals surface area contributed by atoms with E-state index < -0.39 is 44.2 Å². The van der Waals surface area contributed by atoms with Crippen molar-refractivity contribution in [1.82, 2.24) is 24.5 Å². The Kier molecular flexibility index (Phi) is 6.62. The zero-order chi connectivity index (χ0) is 28.4. The molecule has 0 aliphatic heterocycles. The Morgan fingerprint density at radius 3 is 2.49 bits per heavy atom. The van der Waals surface area contributed by atoms with Crippen LogP contribution in [0.5, 0.6) is 0 Å². The van der Waals surface area contributed by atoms with Crippen molar-refractivity contribution in [2.24, 2.45) is 0 Å². The molecule has 0 bridgehead atoms. The van der Waals surface area contributed by atoms with Gasteiger partial charge in [-0.3, -0.25) is 14.3 Å². The summed E-state index contributed by atoms with van der Waals surface area (Å²) in [4.78, 5) is 16.8. The Labute approximate surface area is 224 Å². The zero-order valence-electron chi connectivity index (χ0n) is 20.7. The Morgan fingerprint density at radius 2 is 1.85 bits per heavy atom. The van der Waals surface area contributed by atoms with E-state index in [0.717, 1.165) is 23.1 Å². The van der Waals surface area contributed by atoms with E-state index in [2.05, 4.69) is 15.3 Å². The normalized spacial score (nSPS) is 17.2. The molecule has 1 saturated carbocycles. The van der Waals surface area contributed by atoms with Gasteiger partial charge in [0.1, 0.15) is 15.6 Å². The maximum atomic E-state index is 16.0. The van der Waals surface area contributed by atoms with Crippen LogP contribution in [0.1, 0.15) is 47.3 Å². The summed E-state index contributed by atoms with van der Waals surface area (Å²) in [6, 6.07) is 5.13. The molecule has 0 amide bonds. The lowest BCUT2D eigenvalue weighted by Gasteiger charge is -2.18. The monoisotopic (exact) mass is 581 g/mol. The van der Waals surface area contributed by atoms with Crippen LogP contribution in [-0.4, -0.2) is 39.2 Å². The SMILES string of the molecule is Cc1cnc(-c2cccc(S(C)(=O)=O)c2F)c(F)c1-n1c(C)cc([C@H]2C[C@@H]2c2cn(C(F)F)nn2)c(Cl)c1=O. The van der Waals surface area contributed by atoms with Crippen LogP contribution in [0.4, 0.5) is 17.6 Å². The van der Waals surface area contributed by atoms with Crippen molar-refractivity contribution in [3.8, 4) is 16.9 Å². The summed E-state index contributed by atoms with van der Waals surface area (Å²) in [6.45, 7) is 0.245. The highest BCUT2D eigenvalue weighted by Crippen LogP contribution is 2.55. The van der Waals surface area contributed by atoms with Crippen molar-refractivity contribution in [3.05, 3.63) is 86.2 Å². The van der Waals surface area contributed by atoms with Crippen LogP contribution in [-0.2, 0) is 9.84 Å². The summed E-state index contributed by atoms with van der Waals surface area (Å²) >= 11 is 6.46. The molecule has 1 aliphatic carbocycles. The summed E-state index contributed by atoms with van der Waals surface area (Å²) in [7, 11) is -3.95. The summed E-state index contributed by atoms with van der Waals surface area (Å²) < 4.78 is 82.3. The van der Waals surface area contributed by atoms with Crippen LogP contribution in [0.2, 0.25) is 5.02 Å². The maximum absolute atomic E-state index is 16.0. The van der Waals surface area contributed by atoms with E-state index in [1.54, 1.807) is 13.0 Å². The van der Waals surface area contributed by atoms with Crippen LogP contribution in [0.15, 0.2) is 46.3 Å². The van der Waals surface area contributed by atoms with E-state index >= 15 is 8.78 Å². The minimum Gasteiger partial charge on any atom is -0.277 e. The van der Waals surface area contributed by atoms with E-state index in [1.807, 2.05) is 0 Å². The van der Waals surface area contributed by atoms with Gasteiger partial charge >= 0.3 is 6.55 Å². The summed E-state index contributed by atoms with van der Waals surface area (Å²) in [5.41, 5.74) is -0.449. The average molecular weight is 582 g/mol. The third kappa shape index (κ3) is 4.63. The first-order valence-electron chi connectivity index (χ1n) is 11.6. The van der Waals surface area contributed by atoms with E-state index in [1.165, 1.54) is 25.3 Å². The number of sulfone groups is 1. The molecule has 4 aromatic rings. The number of aryl methyl sites for hydroxylation is 2. The molecule has 3 aromatic heterocycles. The molecule has 0 saturated heterocycles. The van der Waals surface area contributed by atoms with Crippen molar-refractivity contribution < 1.29 is 26.0 Å². The molecule has 1 aromatic carbocycles. The highest BCUT2D eigenvalue weighted by molar-refractivity contribution is 7.90. The summed E-state index contributed by atoms with van der Waals surface area (Å²) in [5.74, 6) is -2.74. The quantitative estimate of drug-likeness (QED) is 0.294. The minimum atomic E-state index is -3.95. The van der Waals surface area contributed by atoms with Crippen LogP contribution >= 0.6 is 11.6 Å². The molecule has 2 atom stereocenters. The number of benzene rings is 1. The van der Waals surface area contributed by atoms with Gasteiger partial charge in [-0.25, -0.2) is 17.2 Å². The molecule has 1 fully saturated rings. The van der Waals surface area contributed by atoms with E-state index in [9.17, 15) is 22.0 Å². The molecule has 0 spiro atoms. The van der Waals surface area contributed by atoms with Crippen molar-refractivity contribution in [2.45, 2.75) is 43.5 Å². The van der Waals surface area contributed by atoms with E-state index in [4.69, 9.17) is 11.6 Å². The van der Waals surface area contributed by atoms with Gasteiger partial charge in [-0.2, -0.15) is 13.5 Å². The van der Waals surface area contributed by atoms with Crippen molar-refractivity contribution >= 4 is 21.4 Å². The van der Waals surface area contributed by atoms with Gasteiger partial charge in [0, 0.05) is 29.6 Å². The van der Waals surface area contributed by atoms with E-state index in [-0.39, 0.29) is 33.7 Å². The van der Waals surface area contributed by atoms with Crippen LogP contribution in [0.25, 0.3) is 16.9 Å². The number of hydrogen-bond donors (Lipinski definition) is 0. The molecule has 39 heavy (non-hydrogen) atoms. The largest absolute Gasteiger partial charge is 0.334 e. The van der Waals surface area contributed by atoms with Crippen molar-refractivity contribution in [1.29, 1.82) is 0 Å². The van der Waals surface area contributed by atoms with Gasteiger partial charge in [-0.1, -0.05) is 22.9 Å². The molecule has 204 valence electrons. The number of rotatable bonds is 6. The van der Waals surface area contributed by atoms with Gasteiger partial charge in [-0.05, 0) is 55.5 Å². The number of nitrogens with zero attached hydrogens (tertiary/aromatic N) is 5. The molecule has 0 N–H and O–H groups in total. The smallest absolute Gasteiger partial charge is 0.277 e. The first-order valence-corrected chi connectivity index (χ1v) is 13.8. The second-order valence-corrected chi connectivity index (χ2v) is 11.7. The van der Waals surface area contributed by atoms with Gasteiger partial charge in [-0.15, -0.1) is 5.10 Å². The molecule has 14 heteroatoms. The first-order chi connectivity index (χ1) is 18.3. The lowest BCUT2D eigenvalue weighted by molar-refractivity contribution is 0.0546. The van der Waals surface area contributed by atoms with Crippen LogP contribution in [0, 0.1) is 25.5 Å². The minimum absolute atomic E-state index is 0.184. The Hall–Kier alpha value is -3.58. The number of halogens is 5. The molecule has 1 aliphatic rings. The maximum Gasteiger partial charge on any atom is 0.334 e. The second-order valence-electron chi connectivity index (χ2n) is 9.39. The zero-order valence-corrected chi connectivity index (χ0v) is 22.2. The van der Waals surface area contributed by atoms with E-state index in [0.29, 0.717) is 28.1 Å². The fraction of sp³-hybridized carbons (Fsp3) is 0.280. The number of aromatic nitrogens is 5. The molecule has 0 radical (unpaired) electrons. The Morgan fingerprint density at radius 1 is 1.13 bits per heavy atom. The van der Waals surface area contributed by atoms with Crippen LogP contribution < -0.4 is 5.56 Å². The fourth-order valence-electron chi connectivity index (χ4n) is 4.71. The highest BCUT2D eigenvalue weighted by Gasteiger charge is 2.43. The highest BCUT2D eigenvalue weighted by atomic mass is 35.5. The lowest BCUT2D eigenvalue weighted by Crippen LogP contribution is -2.24. The van der Waals surface area contributed by atoms with Crippen molar-refractivity contribution in [3.63, 3.8) is 0 Å². The fourth-order valence-corrected chi connectivity index (χ4v) is 5.75. The molecule has 5 rings (SSSR count). The number of pyridine rings is 2. The number of hydrogen-bond acceptors (Lipinski definition) is 6. The third-order valence-electron chi connectivity index (χ3n) is 6.68. The molecule has 8 nitrogen and oxygen atoms in total. The molecular weight excluding hydrogens is 562 g/mol. The summed E-state index contributed by atoms with van der Waals surface area (Å²) in [5, 5.41) is 7.01. The second kappa shape index (κ2) is 9.56. The predicted octanol–water partition coefficient (Wildman–Crippen LogP) is 5.11. The average Bonchev–Trinajstić information content (AvgIpc) is 3.49. The molecule has 3 heterocycles. The first kappa shape index (κ1) is 27.0. The third-order valence-corrected chi connectivity index (χ3v) is 8.17. The van der Waals surface area contributed by atoms with Gasteiger partial charge < -0.3 is 0 Å². The predicted molar refractivity (Wildman–Crippen MR) is 134 cm³/mol. The standard InChI is InChI=1S/C25H20ClF4N5O3S/c1-11-9-31-22(13-5-4-6-18(20(13)27)39(3,37)38)21(28)23(11)35-12(2)7-16(19(26)24(35)36)14-8-15(14)17-10-34(25(29)30)33-32-17/h4-7,9-10,14-15,25H,8H2,1-3H3/t14-,15-/m0/s1. The summed E-state index contributed by atoms with van der Waals surface area (Å²) in [6.07, 6.45) is 3.73. The molecular formula is C25H20ClF4N5O3S. The topological polar surface area (TPSA) is 99.7 Å². The van der Waals surface area contributed by atoms with Gasteiger partial charge in [0.2, 0.25) is 0 Å². The number of alkyl halides is 2. The Balaban J connectivity index is 1.59. The van der Waals surface area contributed by atoms with Crippen LogP contribution in [0.3, 0.4) is 0 Å². The van der Waals surface area contributed by atoms with Gasteiger partial charge in [0.05, 0.1) is 17.6 Å². The van der Waals surface area contributed by atoms with Crippen molar-refractivity contribution in [2.75, 3.05) is 6.26 Å². The van der Waals surface area contributed by atoms with Gasteiger partial charge in [0.25, 0.3) is 5.56 Å². The Bertz CT molecular complexity index is 1810. The molecule has 0 unspecified atom stereocenters. The van der Waals surface area contributed by atoms with Gasteiger partial charge in [0.15, 0.2) is 21.5 Å². The lowest BCUT2D eigenvalue weighted by atomic mass is 10.1.